The molecule has 1 N–H and O–H groups in total. The molecule has 1 aromatic carbocycles. The summed E-state index contributed by atoms with van der Waals surface area (Å²) in [4.78, 5) is 24.3. The van der Waals surface area contributed by atoms with Crippen LogP contribution in [-0.4, -0.2) is 55.2 Å². The van der Waals surface area contributed by atoms with Crippen molar-refractivity contribution in [1.29, 1.82) is 0 Å². The number of ketones is 1. The number of Topliss-reactive ketones (excluding diaryl/α,β-unsaturated/α-hetero) is 1. The Hall–Kier alpha value is -2.00. The van der Waals surface area contributed by atoms with Gasteiger partial charge in [-0.05, 0) is 18.6 Å². The van der Waals surface area contributed by atoms with Crippen molar-refractivity contribution in [2.24, 2.45) is 0 Å². The van der Waals surface area contributed by atoms with Crippen LogP contribution in [0.1, 0.15) is 63.7 Å². The zero-order valence-corrected chi connectivity index (χ0v) is 18.2. The Labute approximate surface area is 182 Å². The summed E-state index contributed by atoms with van der Waals surface area (Å²) in [5.74, 6) is -1.46. The van der Waals surface area contributed by atoms with Crippen molar-refractivity contribution in [2.45, 2.75) is 76.2 Å². The fourth-order valence-corrected chi connectivity index (χ4v) is 3.87. The number of methoxy groups -OCH3 is 1. The van der Waals surface area contributed by atoms with Crippen molar-refractivity contribution in [1.82, 2.24) is 0 Å². The molecule has 2 aliphatic heterocycles. The summed E-state index contributed by atoms with van der Waals surface area (Å²) in [5.41, 5.74) is 0.718. The maximum atomic E-state index is 12.3. The number of aliphatic hydroxyl groups is 1. The van der Waals surface area contributed by atoms with Crippen molar-refractivity contribution < 1.29 is 38.4 Å². The maximum Gasteiger partial charge on any atom is 0.313 e. The van der Waals surface area contributed by atoms with E-state index in [2.05, 4.69) is 6.92 Å². The third-order valence-corrected chi connectivity index (χ3v) is 5.63. The normalized spacial score (nSPS) is 27.1. The van der Waals surface area contributed by atoms with E-state index in [1.165, 1.54) is 0 Å². The second-order valence-electron chi connectivity index (χ2n) is 7.97. The molecule has 3 rings (SSSR count). The highest BCUT2D eigenvalue weighted by atomic mass is 16.8. The molecule has 0 bridgehead atoms. The molecule has 2 aliphatic rings. The Morgan fingerprint density at radius 3 is 2.58 bits per heavy atom. The Morgan fingerprint density at radius 1 is 1.16 bits per heavy atom. The van der Waals surface area contributed by atoms with Gasteiger partial charge in [0, 0.05) is 12.0 Å². The van der Waals surface area contributed by atoms with Gasteiger partial charge in [0.25, 0.3) is 0 Å². The number of unbranched alkanes of at least 4 members (excludes halogenated alkanes) is 4. The molecule has 2 fully saturated rings. The molecule has 0 saturated carbocycles. The maximum absolute atomic E-state index is 12.3. The van der Waals surface area contributed by atoms with E-state index in [0.717, 1.165) is 37.7 Å². The van der Waals surface area contributed by atoms with E-state index in [9.17, 15) is 14.7 Å². The summed E-state index contributed by atoms with van der Waals surface area (Å²) in [6.07, 6.45) is 2.95. The molecule has 172 valence electrons. The number of carbonyl (C=O) groups is 2. The molecule has 0 aromatic heterocycles. The predicted octanol–water partition coefficient (Wildman–Crippen LogP) is 3.06. The van der Waals surface area contributed by atoms with Gasteiger partial charge in [-0.1, -0.05) is 44.7 Å². The standard InChI is InChI=1S/C23H32O8/c1-3-4-5-6-7-8-17(25)13-20(26)29-19-14-28-23(15-24)21(19)30-22(31-23)16-9-11-18(27-2)12-10-16/h9-12,19,21-22,24H,3-8,13-15H2,1-2H3/t19-,21+,22?,23+/m1/s1. The topological polar surface area (TPSA) is 101 Å². The first kappa shape index (κ1) is 23.7. The Balaban J connectivity index is 1.52. The van der Waals surface area contributed by atoms with Gasteiger partial charge < -0.3 is 28.8 Å². The minimum absolute atomic E-state index is 0.0253. The third kappa shape index (κ3) is 5.83. The molecule has 8 heteroatoms. The van der Waals surface area contributed by atoms with Gasteiger partial charge in [0.05, 0.1) is 13.7 Å². The molecule has 2 saturated heterocycles. The predicted molar refractivity (Wildman–Crippen MR) is 110 cm³/mol. The first-order chi connectivity index (χ1) is 15.0. The van der Waals surface area contributed by atoms with Crippen LogP contribution in [0.5, 0.6) is 5.75 Å². The van der Waals surface area contributed by atoms with Crippen molar-refractivity contribution in [3.05, 3.63) is 29.8 Å². The largest absolute Gasteiger partial charge is 0.497 e. The first-order valence-corrected chi connectivity index (χ1v) is 10.9. The molecule has 0 amide bonds. The van der Waals surface area contributed by atoms with Crippen molar-refractivity contribution in [3.63, 3.8) is 0 Å². The van der Waals surface area contributed by atoms with Crippen LogP contribution >= 0.6 is 0 Å². The summed E-state index contributed by atoms with van der Waals surface area (Å²) in [5, 5.41) is 9.89. The van der Waals surface area contributed by atoms with Crippen molar-refractivity contribution in [3.8, 4) is 5.75 Å². The third-order valence-electron chi connectivity index (χ3n) is 5.63. The van der Waals surface area contributed by atoms with Crippen LogP contribution in [0.2, 0.25) is 0 Å². The number of fused-ring (bicyclic) bond motifs is 1. The van der Waals surface area contributed by atoms with E-state index in [1.807, 2.05) is 0 Å². The van der Waals surface area contributed by atoms with Gasteiger partial charge in [-0.25, -0.2) is 0 Å². The zero-order chi connectivity index (χ0) is 22.3. The highest BCUT2D eigenvalue weighted by Gasteiger charge is 2.60. The van der Waals surface area contributed by atoms with E-state index in [0.29, 0.717) is 12.2 Å². The van der Waals surface area contributed by atoms with E-state index >= 15 is 0 Å². The quantitative estimate of drug-likeness (QED) is 0.303. The smallest absolute Gasteiger partial charge is 0.313 e. The van der Waals surface area contributed by atoms with Gasteiger partial charge >= 0.3 is 5.97 Å². The lowest BCUT2D eigenvalue weighted by Gasteiger charge is -2.23. The monoisotopic (exact) mass is 436 g/mol. The van der Waals surface area contributed by atoms with Crippen LogP contribution in [0.15, 0.2) is 24.3 Å². The van der Waals surface area contributed by atoms with E-state index in [4.69, 9.17) is 23.7 Å². The zero-order valence-electron chi connectivity index (χ0n) is 18.2. The number of hydrogen-bond acceptors (Lipinski definition) is 8. The van der Waals surface area contributed by atoms with Crippen LogP contribution < -0.4 is 4.74 Å². The molecule has 2 heterocycles. The summed E-state index contributed by atoms with van der Waals surface area (Å²) in [7, 11) is 1.58. The molecule has 0 aliphatic carbocycles. The van der Waals surface area contributed by atoms with Crippen LogP contribution in [0.3, 0.4) is 0 Å². The Bertz CT molecular complexity index is 734. The Morgan fingerprint density at radius 2 is 1.90 bits per heavy atom. The molecule has 0 spiro atoms. The van der Waals surface area contributed by atoms with E-state index in [1.54, 1.807) is 31.4 Å². The van der Waals surface area contributed by atoms with Crippen molar-refractivity contribution >= 4 is 11.8 Å². The number of carbonyl (C=O) groups excluding carboxylic acids is 2. The molecule has 1 unspecified atom stereocenters. The molecule has 8 nitrogen and oxygen atoms in total. The summed E-state index contributed by atoms with van der Waals surface area (Å²) < 4.78 is 28.1. The fraction of sp³-hybridized carbons (Fsp3) is 0.652. The first-order valence-electron chi connectivity index (χ1n) is 10.9. The van der Waals surface area contributed by atoms with Crippen LogP contribution in [0, 0.1) is 0 Å². The molecule has 1 aromatic rings. The minimum atomic E-state index is -1.40. The summed E-state index contributed by atoms with van der Waals surface area (Å²) >= 11 is 0. The van der Waals surface area contributed by atoms with Gasteiger partial charge in [0.1, 0.15) is 24.6 Å². The van der Waals surface area contributed by atoms with Crippen LogP contribution in [0.4, 0.5) is 0 Å². The van der Waals surface area contributed by atoms with Gasteiger partial charge in [0.2, 0.25) is 5.79 Å². The lowest BCUT2D eigenvalue weighted by atomic mass is 10.1. The van der Waals surface area contributed by atoms with E-state index < -0.39 is 36.9 Å². The summed E-state index contributed by atoms with van der Waals surface area (Å²) in [6, 6.07) is 7.12. The van der Waals surface area contributed by atoms with Gasteiger partial charge in [-0.15, -0.1) is 0 Å². The molecular weight excluding hydrogens is 404 g/mol. The fourth-order valence-electron chi connectivity index (χ4n) is 3.87. The second kappa shape index (κ2) is 11.0. The second-order valence-corrected chi connectivity index (χ2v) is 7.97. The molecule has 4 atom stereocenters. The minimum Gasteiger partial charge on any atom is -0.497 e. The average Bonchev–Trinajstić information content (AvgIpc) is 3.31. The van der Waals surface area contributed by atoms with Gasteiger partial charge in [-0.2, -0.15) is 0 Å². The number of benzene rings is 1. The van der Waals surface area contributed by atoms with E-state index in [-0.39, 0.29) is 18.8 Å². The van der Waals surface area contributed by atoms with Crippen molar-refractivity contribution in [2.75, 3.05) is 20.3 Å². The van der Waals surface area contributed by atoms with Crippen LogP contribution in [0.25, 0.3) is 0 Å². The number of aliphatic hydroxyl groups excluding tert-OH is 1. The number of hydrogen-bond donors (Lipinski definition) is 1. The highest BCUT2D eigenvalue weighted by Crippen LogP contribution is 2.45. The molecular formula is C23H32O8. The number of rotatable bonds is 12. The lowest BCUT2D eigenvalue weighted by Crippen LogP contribution is -2.44. The molecule has 31 heavy (non-hydrogen) atoms. The number of esters is 1. The lowest BCUT2D eigenvalue weighted by molar-refractivity contribution is -0.231. The SMILES string of the molecule is CCCCCCCC(=O)CC(=O)O[C@@H]1CO[C@@]2(CO)OC(c3ccc(OC)cc3)O[C@@H]12. The van der Waals surface area contributed by atoms with Gasteiger partial charge in [0.15, 0.2) is 18.5 Å². The van der Waals surface area contributed by atoms with Crippen LogP contribution in [-0.2, 0) is 28.5 Å². The number of ether oxygens (including phenoxy) is 5. The Kier molecular flexibility index (Phi) is 8.43. The van der Waals surface area contributed by atoms with Gasteiger partial charge in [-0.3, -0.25) is 9.59 Å². The highest BCUT2D eigenvalue weighted by molar-refractivity contribution is 5.95. The summed E-state index contributed by atoms with van der Waals surface area (Å²) in [6.45, 7) is 1.71. The molecule has 0 radical (unpaired) electrons. The average molecular weight is 437 g/mol.